The van der Waals surface area contributed by atoms with Gasteiger partial charge in [0.05, 0.1) is 0 Å². The molecule has 1 nitrogen and oxygen atoms in total. The zero-order valence-corrected chi connectivity index (χ0v) is 8.76. The van der Waals surface area contributed by atoms with E-state index in [0.717, 1.165) is 6.42 Å². The molecule has 0 aromatic carbocycles. The van der Waals surface area contributed by atoms with Crippen LogP contribution in [-0.2, 0) is 0 Å². The van der Waals surface area contributed by atoms with Gasteiger partial charge >= 0.3 is 0 Å². The van der Waals surface area contributed by atoms with Crippen molar-refractivity contribution < 1.29 is 9.50 Å². The average Bonchev–Trinajstić information content (AvgIpc) is 1.85. The molecule has 0 aromatic rings. The summed E-state index contributed by atoms with van der Waals surface area (Å²) in [5.41, 5.74) is -0.621. The zero-order chi connectivity index (χ0) is 9.94. The molecular formula is C10H21FO. The van der Waals surface area contributed by atoms with Gasteiger partial charge in [0.25, 0.3) is 0 Å². The van der Waals surface area contributed by atoms with E-state index in [2.05, 4.69) is 13.8 Å². The van der Waals surface area contributed by atoms with Crippen molar-refractivity contribution in [2.45, 2.75) is 47.4 Å². The normalized spacial score (nSPS) is 18.0. The van der Waals surface area contributed by atoms with E-state index in [1.807, 2.05) is 6.92 Å². The summed E-state index contributed by atoms with van der Waals surface area (Å²) < 4.78 is 12.7. The molecule has 0 aliphatic rings. The van der Waals surface area contributed by atoms with Gasteiger partial charge in [0.15, 0.2) is 0 Å². The van der Waals surface area contributed by atoms with E-state index in [4.69, 9.17) is 5.11 Å². The Morgan fingerprint density at radius 2 is 1.67 bits per heavy atom. The van der Waals surface area contributed by atoms with E-state index in [0.29, 0.717) is 5.92 Å². The van der Waals surface area contributed by atoms with Gasteiger partial charge in [-0.2, -0.15) is 0 Å². The van der Waals surface area contributed by atoms with Crippen molar-refractivity contribution >= 4 is 0 Å². The minimum atomic E-state index is -1.72. The zero-order valence-electron chi connectivity index (χ0n) is 8.76. The van der Waals surface area contributed by atoms with E-state index < -0.39 is 11.8 Å². The Balaban J connectivity index is 4.15. The first-order valence-corrected chi connectivity index (χ1v) is 4.60. The van der Waals surface area contributed by atoms with Gasteiger partial charge in [-0.3, -0.25) is 0 Å². The first kappa shape index (κ1) is 11.9. The Bertz CT molecular complexity index is 130. The highest BCUT2D eigenvalue weighted by molar-refractivity contribution is 4.77. The smallest absolute Gasteiger partial charge is 0.201 e. The number of aliphatic hydroxyl groups excluding tert-OH is 1. The Morgan fingerprint density at radius 1 is 1.25 bits per heavy atom. The Labute approximate surface area is 75.0 Å². The number of aliphatic hydroxyl groups is 1. The van der Waals surface area contributed by atoms with Crippen molar-refractivity contribution in [1.29, 1.82) is 0 Å². The molecule has 1 N–H and O–H groups in total. The fourth-order valence-corrected chi connectivity index (χ4v) is 1.25. The molecule has 0 rings (SSSR count). The van der Waals surface area contributed by atoms with Gasteiger partial charge in [-0.25, -0.2) is 4.39 Å². The van der Waals surface area contributed by atoms with Crippen LogP contribution in [0.15, 0.2) is 0 Å². The van der Waals surface area contributed by atoms with Crippen LogP contribution in [0.5, 0.6) is 0 Å². The summed E-state index contributed by atoms with van der Waals surface area (Å²) in [4.78, 5) is 0. The summed E-state index contributed by atoms with van der Waals surface area (Å²) in [6, 6.07) is 0. The van der Waals surface area contributed by atoms with Crippen LogP contribution in [-0.4, -0.2) is 11.5 Å². The first-order chi connectivity index (χ1) is 5.28. The molecule has 12 heavy (non-hydrogen) atoms. The van der Waals surface area contributed by atoms with Gasteiger partial charge in [-0.15, -0.1) is 0 Å². The lowest BCUT2D eigenvalue weighted by atomic mass is 9.76. The van der Waals surface area contributed by atoms with Gasteiger partial charge in [0, 0.05) is 5.41 Å². The first-order valence-electron chi connectivity index (χ1n) is 4.60. The van der Waals surface area contributed by atoms with Crippen LogP contribution in [0.2, 0.25) is 0 Å². The molecule has 2 unspecified atom stereocenters. The van der Waals surface area contributed by atoms with E-state index in [-0.39, 0.29) is 5.92 Å². The fraction of sp³-hybridized carbons (Fsp3) is 1.00. The number of alkyl halides is 1. The summed E-state index contributed by atoms with van der Waals surface area (Å²) in [5.74, 6) is 0.760. The summed E-state index contributed by atoms with van der Waals surface area (Å²) in [6.07, 6.45) is -0.764. The van der Waals surface area contributed by atoms with Gasteiger partial charge in [0.2, 0.25) is 6.36 Å². The molecule has 0 amide bonds. The highest BCUT2D eigenvalue weighted by Gasteiger charge is 2.33. The standard InChI is InChI=1S/C10H21FO/c1-7(2)6-8(3)10(4,5)9(11)12/h7-9,12H,6H2,1-5H3. The molecule has 0 saturated carbocycles. The lowest BCUT2D eigenvalue weighted by molar-refractivity contribution is -0.0849. The maximum atomic E-state index is 12.7. The third-order valence-corrected chi connectivity index (χ3v) is 2.71. The highest BCUT2D eigenvalue weighted by Crippen LogP contribution is 2.35. The monoisotopic (exact) mass is 176 g/mol. The molecule has 0 fully saturated rings. The second-order valence-electron chi connectivity index (χ2n) is 4.69. The molecule has 2 heteroatoms. The maximum Gasteiger partial charge on any atom is 0.201 e. The van der Waals surface area contributed by atoms with E-state index in [9.17, 15) is 4.39 Å². The van der Waals surface area contributed by atoms with Crippen molar-refractivity contribution in [2.24, 2.45) is 17.3 Å². The molecule has 0 radical (unpaired) electrons. The molecule has 0 saturated heterocycles. The Kier molecular flexibility index (Phi) is 4.18. The number of rotatable bonds is 4. The van der Waals surface area contributed by atoms with Gasteiger partial charge < -0.3 is 5.11 Å². The lowest BCUT2D eigenvalue weighted by Gasteiger charge is -2.33. The van der Waals surface area contributed by atoms with Crippen molar-refractivity contribution in [3.8, 4) is 0 Å². The molecule has 0 aliphatic heterocycles. The molecule has 74 valence electrons. The van der Waals surface area contributed by atoms with Crippen LogP contribution in [0.3, 0.4) is 0 Å². The van der Waals surface area contributed by atoms with E-state index in [1.165, 1.54) is 0 Å². The SMILES string of the molecule is CC(C)CC(C)C(C)(C)C(O)F. The topological polar surface area (TPSA) is 20.2 Å². The fourth-order valence-electron chi connectivity index (χ4n) is 1.25. The molecule has 0 aromatic heterocycles. The van der Waals surface area contributed by atoms with Gasteiger partial charge in [-0.1, -0.05) is 34.6 Å². The maximum absolute atomic E-state index is 12.7. The molecule has 2 atom stereocenters. The number of halogens is 1. The third-order valence-electron chi connectivity index (χ3n) is 2.71. The third kappa shape index (κ3) is 3.10. The van der Waals surface area contributed by atoms with Gasteiger partial charge in [-0.05, 0) is 18.3 Å². The molecular weight excluding hydrogens is 155 g/mol. The largest absolute Gasteiger partial charge is 0.364 e. The molecule has 0 heterocycles. The Hall–Kier alpha value is -0.110. The predicted octanol–water partition coefficient (Wildman–Crippen LogP) is 2.98. The van der Waals surface area contributed by atoms with Crippen LogP contribution >= 0.6 is 0 Å². The minimum absolute atomic E-state index is 0.206. The van der Waals surface area contributed by atoms with Crippen LogP contribution in [0.4, 0.5) is 4.39 Å². The number of hydrogen-bond acceptors (Lipinski definition) is 1. The van der Waals surface area contributed by atoms with Crippen LogP contribution in [0, 0.1) is 17.3 Å². The van der Waals surface area contributed by atoms with Crippen molar-refractivity contribution in [3.05, 3.63) is 0 Å². The molecule has 0 aliphatic carbocycles. The predicted molar refractivity (Wildman–Crippen MR) is 49.5 cm³/mol. The highest BCUT2D eigenvalue weighted by atomic mass is 19.1. The second kappa shape index (κ2) is 4.22. The van der Waals surface area contributed by atoms with Crippen molar-refractivity contribution in [1.82, 2.24) is 0 Å². The lowest BCUT2D eigenvalue weighted by Crippen LogP contribution is -2.33. The average molecular weight is 176 g/mol. The summed E-state index contributed by atoms with van der Waals surface area (Å²) in [7, 11) is 0. The summed E-state index contributed by atoms with van der Waals surface area (Å²) >= 11 is 0. The Morgan fingerprint density at radius 3 is 1.92 bits per heavy atom. The summed E-state index contributed by atoms with van der Waals surface area (Å²) in [5, 5.41) is 8.90. The summed E-state index contributed by atoms with van der Waals surface area (Å²) in [6.45, 7) is 9.74. The second-order valence-corrected chi connectivity index (χ2v) is 4.69. The number of hydrogen-bond donors (Lipinski definition) is 1. The van der Waals surface area contributed by atoms with E-state index >= 15 is 0 Å². The van der Waals surface area contributed by atoms with E-state index in [1.54, 1.807) is 13.8 Å². The minimum Gasteiger partial charge on any atom is -0.364 e. The van der Waals surface area contributed by atoms with Crippen LogP contribution < -0.4 is 0 Å². The van der Waals surface area contributed by atoms with Crippen LogP contribution in [0.1, 0.15) is 41.0 Å². The van der Waals surface area contributed by atoms with Crippen molar-refractivity contribution in [3.63, 3.8) is 0 Å². The quantitative estimate of drug-likeness (QED) is 0.698. The van der Waals surface area contributed by atoms with Crippen molar-refractivity contribution in [2.75, 3.05) is 0 Å². The molecule has 0 spiro atoms. The van der Waals surface area contributed by atoms with Crippen LogP contribution in [0.25, 0.3) is 0 Å². The molecule has 0 bridgehead atoms. The van der Waals surface area contributed by atoms with Gasteiger partial charge in [0.1, 0.15) is 0 Å².